The maximum atomic E-state index is 13.8. The van der Waals surface area contributed by atoms with Crippen LogP contribution >= 0.6 is 0 Å². The molecular formula is C23H20F3N3O4. The number of hydrogen-bond acceptors (Lipinski definition) is 4. The molecule has 2 aliphatic heterocycles. The summed E-state index contributed by atoms with van der Waals surface area (Å²) in [6.45, 7) is 2.05. The highest BCUT2D eigenvalue weighted by atomic mass is 19.2. The molecule has 2 saturated carbocycles. The number of amides is 2. The van der Waals surface area contributed by atoms with Crippen molar-refractivity contribution in [1.29, 1.82) is 0 Å². The molecule has 6 rings (SSSR count). The first-order chi connectivity index (χ1) is 15.7. The molecule has 1 unspecified atom stereocenters. The topological polar surface area (TPSA) is 91.6 Å². The van der Waals surface area contributed by atoms with Crippen LogP contribution in [0.4, 0.5) is 13.2 Å². The van der Waals surface area contributed by atoms with Crippen LogP contribution < -0.4 is 10.7 Å². The van der Waals surface area contributed by atoms with Crippen molar-refractivity contribution in [2.75, 3.05) is 0 Å². The molecule has 172 valence electrons. The lowest BCUT2D eigenvalue weighted by atomic mass is 9.93. The standard InChI is InChI=1S/C23H20F3N3O4/c1-8-17-10-3-15(18(8)17)29-16(10)7-28-6-11(20(30)21(31)19(28)23(29)33)22(32)27-5-9-2-13(25)14(26)4-12(9)24/h2,4,6,8,10,15-18,31H,3,5,7H2,1H3,(H,27,32)/t8-,10+,15?,16-,17-,18+/m0/s1. The van der Waals surface area contributed by atoms with E-state index in [0.29, 0.717) is 42.3 Å². The van der Waals surface area contributed by atoms with Gasteiger partial charge in [-0.25, -0.2) is 13.2 Å². The van der Waals surface area contributed by atoms with Crippen molar-refractivity contribution < 1.29 is 27.9 Å². The van der Waals surface area contributed by atoms with Crippen LogP contribution in [0.5, 0.6) is 5.75 Å². The third-order valence-corrected chi connectivity index (χ3v) is 8.03. The summed E-state index contributed by atoms with van der Waals surface area (Å²) in [5.41, 5.74) is -1.86. The largest absolute Gasteiger partial charge is 0.503 e. The van der Waals surface area contributed by atoms with E-state index in [4.69, 9.17) is 0 Å². The van der Waals surface area contributed by atoms with Crippen molar-refractivity contribution >= 4 is 11.8 Å². The highest BCUT2D eigenvalue weighted by Gasteiger charge is 2.70. The molecule has 2 bridgehead atoms. The van der Waals surface area contributed by atoms with Gasteiger partial charge in [0.05, 0.1) is 6.04 Å². The number of fused-ring (bicyclic) bond motifs is 9. The van der Waals surface area contributed by atoms with Gasteiger partial charge in [0.2, 0.25) is 5.43 Å². The van der Waals surface area contributed by atoms with Crippen LogP contribution in [0.15, 0.2) is 23.1 Å². The van der Waals surface area contributed by atoms with Gasteiger partial charge in [-0.3, -0.25) is 14.4 Å². The Hall–Kier alpha value is -3.30. The van der Waals surface area contributed by atoms with Gasteiger partial charge in [-0.15, -0.1) is 0 Å². The smallest absolute Gasteiger partial charge is 0.275 e. The number of piperidine rings is 1. The number of nitrogens with one attached hydrogen (secondary N) is 1. The molecule has 10 heteroatoms. The number of halogens is 3. The number of hydrogen-bond donors (Lipinski definition) is 2. The van der Waals surface area contributed by atoms with Gasteiger partial charge in [-0.2, -0.15) is 0 Å². The summed E-state index contributed by atoms with van der Waals surface area (Å²) >= 11 is 0. The highest BCUT2D eigenvalue weighted by Crippen LogP contribution is 2.67. The third-order valence-electron chi connectivity index (χ3n) is 8.03. The fourth-order valence-corrected chi connectivity index (χ4v) is 6.56. The van der Waals surface area contributed by atoms with E-state index in [2.05, 4.69) is 12.2 Å². The van der Waals surface area contributed by atoms with E-state index < -0.39 is 52.6 Å². The molecule has 0 radical (unpaired) electrons. The Balaban J connectivity index is 1.29. The first-order valence-electron chi connectivity index (χ1n) is 10.9. The average Bonchev–Trinajstić information content (AvgIpc) is 3.13. The van der Waals surface area contributed by atoms with Crippen molar-refractivity contribution in [3.63, 3.8) is 0 Å². The van der Waals surface area contributed by atoms with E-state index in [1.807, 2.05) is 4.90 Å². The van der Waals surface area contributed by atoms with Crippen LogP contribution in [0.25, 0.3) is 0 Å². The minimum atomic E-state index is -1.35. The van der Waals surface area contributed by atoms with Crippen molar-refractivity contribution in [2.45, 2.75) is 38.5 Å². The second kappa shape index (κ2) is 6.61. The molecule has 2 amide bonds. The Morgan fingerprint density at radius 2 is 1.85 bits per heavy atom. The Bertz CT molecular complexity index is 1310. The number of aromatic hydroxyl groups is 1. The second-order valence-corrected chi connectivity index (χ2v) is 9.52. The van der Waals surface area contributed by atoms with Crippen LogP contribution in [0, 0.1) is 41.1 Å². The van der Waals surface area contributed by atoms with Crippen molar-refractivity contribution in [3.8, 4) is 5.75 Å². The highest BCUT2D eigenvalue weighted by molar-refractivity contribution is 5.99. The summed E-state index contributed by atoms with van der Waals surface area (Å²) in [5, 5.41) is 12.8. The maximum absolute atomic E-state index is 13.8. The summed E-state index contributed by atoms with van der Waals surface area (Å²) in [6.07, 6.45) is 2.16. The van der Waals surface area contributed by atoms with E-state index in [0.717, 1.165) is 6.42 Å². The zero-order chi connectivity index (χ0) is 23.3. The molecule has 33 heavy (non-hydrogen) atoms. The van der Waals surface area contributed by atoms with Crippen molar-refractivity contribution in [2.24, 2.45) is 23.7 Å². The number of carbonyl (C=O) groups excluding carboxylic acids is 2. The van der Waals surface area contributed by atoms with Gasteiger partial charge in [0.25, 0.3) is 11.8 Å². The molecule has 3 fully saturated rings. The number of carbonyl (C=O) groups is 2. The third kappa shape index (κ3) is 2.66. The van der Waals surface area contributed by atoms with E-state index >= 15 is 0 Å². The van der Waals surface area contributed by atoms with Gasteiger partial charge in [0.15, 0.2) is 23.1 Å². The number of nitrogens with zero attached hydrogens (tertiary/aromatic N) is 2. The normalized spacial score (nSPS) is 30.7. The van der Waals surface area contributed by atoms with E-state index in [1.165, 1.54) is 10.8 Å². The van der Waals surface area contributed by atoms with Gasteiger partial charge >= 0.3 is 0 Å². The lowest BCUT2D eigenvalue weighted by molar-refractivity contribution is 0.0465. The molecule has 0 spiro atoms. The number of benzene rings is 1. The quantitative estimate of drug-likeness (QED) is 0.687. The van der Waals surface area contributed by atoms with Crippen LogP contribution in [0.3, 0.4) is 0 Å². The Morgan fingerprint density at radius 3 is 2.61 bits per heavy atom. The summed E-state index contributed by atoms with van der Waals surface area (Å²) in [7, 11) is 0. The van der Waals surface area contributed by atoms with Crippen molar-refractivity contribution in [1.82, 2.24) is 14.8 Å². The monoisotopic (exact) mass is 459 g/mol. The van der Waals surface area contributed by atoms with Crippen LogP contribution in [-0.2, 0) is 13.1 Å². The molecule has 7 nitrogen and oxygen atoms in total. The fourth-order valence-electron chi connectivity index (χ4n) is 6.56. The molecule has 2 N–H and O–H groups in total. The number of aromatic nitrogens is 1. The molecule has 1 aromatic carbocycles. The summed E-state index contributed by atoms with van der Waals surface area (Å²) in [4.78, 5) is 40.4. The molecule has 1 saturated heterocycles. The first-order valence-corrected chi connectivity index (χ1v) is 10.9. The van der Waals surface area contributed by atoms with Crippen LogP contribution in [0.2, 0.25) is 0 Å². The van der Waals surface area contributed by atoms with Crippen LogP contribution in [-0.4, -0.2) is 38.5 Å². The molecule has 6 atom stereocenters. The van der Waals surface area contributed by atoms with E-state index in [-0.39, 0.29) is 23.3 Å². The molecule has 4 aliphatic rings. The summed E-state index contributed by atoms with van der Waals surface area (Å²) < 4.78 is 41.8. The minimum absolute atomic E-state index is 0.0460. The Kier molecular flexibility index (Phi) is 4.07. The lowest BCUT2D eigenvalue weighted by Gasteiger charge is -2.40. The molecular weight excluding hydrogens is 439 g/mol. The lowest BCUT2D eigenvalue weighted by Crippen LogP contribution is -2.53. The second-order valence-electron chi connectivity index (χ2n) is 9.52. The summed E-state index contributed by atoms with van der Waals surface area (Å²) in [6, 6.07) is 1.07. The first kappa shape index (κ1) is 20.3. The fraction of sp³-hybridized carbons (Fsp3) is 0.435. The summed E-state index contributed by atoms with van der Waals surface area (Å²) in [5.74, 6) is -3.80. The average molecular weight is 459 g/mol. The Labute approximate surface area is 185 Å². The SMILES string of the molecule is C[C@@H]1[C@@H]2C3C[C@@H]([C@H]12)[C@@H]1Cn2cc(C(=O)NCc4cc(F)c(F)cc4F)c(=O)c(O)c2C(=O)N31. The zero-order valence-electron chi connectivity index (χ0n) is 17.5. The van der Waals surface area contributed by atoms with Gasteiger partial charge < -0.3 is 19.9 Å². The van der Waals surface area contributed by atoms with Gasteiger partial charge in [-0.1, -0.05) is 6.92 Å². The molecule has 3 heterocycles. The minimum Gasteiger partial charge on any atom is -0.503 e. The maximum Gasteiger partial charge on any atom is 0.275 e. The van der Waals surface area contributed by atoms with Gasteiger partial charge in [0.1, 0.15) is 11.4 Å². The van der Waals surface area contributed by atoms with E-state index in [1.54, 1.807) is 0 Å². The van der Waals surface area contributed by atoms with E-state index in [9.17, 15) is 32.7 Å². The van der Waals surface area contributed by atoms with Crippen LogP contribution in [0.1, 0.15) is 39.8 Å². The van der Waals surface area contributed by atoms with Crippen molar-refractivity contribution in [3.05, 3.63) is 62.8 Å². The molecule has 1 aromatic heterocycles. The zero-order valence-corrected chi connectivity index (χ0v) is 17.5. The molecule has 2 aromatic rings. The Morgan fingerprint density at radius 1 is 1.12 bits per heavy atom. The molecule has 2 aliphatic carbocycles. The predicted molar refractivity (Wildman–Crippen MR) is 108 cm³/mol. The number of pyridine rings is 1. The van der Waals surface area contributed by atoms with Gasteiger partial charge in [0, 0.05) is 37.0 Å². The predicted octanol–water partition coefficient (Wildman–Crippen LogP) is 2.01. The number of rotatable bonds is 3. The van der Waals surface area contributed by atoms with Gasteiger partial charge in [-0.05, 0) is 36.2 Å².